The normalized spacial score (nSPS) is 17.7. The van der Waals surface area contributed by atoms with E-state index < -0.39 is 0 Å². The summed E-state index contributed by atoms with van der Waals surface area (Å²) in [7, 11) is 0. The molecule has 1 aliphatic carbocycles. The summed E-state index contributed by atoms with van der Waals surface area (Å²) < 4.78 is 0. The zero-order valence-electron chi connectivity index (χ0n) is 14.8. The molecule has 2 rings (SSSR count). The van der Waals surface area contributed by atoms with Crippen LogP contribution in [0.4, 0.5) is 0 Å². The van der Waals surface area contributed by atoms with Gasteiger partial charge in [0, 0.05) is 0 Å². The molecule has 0 heteroatoms. The largest absolute Gasteiger partial charge is 0.125 e. The van der Waals surface area contributed by atoms with Gasteiger partial charge in [-0.1, -0.05) is 69.2 Å². The van der Waals surface area contributed by atoms with Crippen LogP contribution in [0.1, 0.15) is 44.2 Å². The Labute approximate surface area is 143 Å². The van der Waals surface area contributed by atoms with Gasteiger partial charge < -0.3 is 0 Å². The molecule has 1 fully saturated rings. The smallest absolute Gasteiger partial charge is 0.000963 e. The number of hydrogen-bond donors (Lipinski definition) is 0. The summed E-state index contributed by atoms with van der Waals surface area (Å²) in [6.07, 6.45) is 9.70. The van der Waals surface area contributed by atoms with Crippen LogP contribution in [0.25, 0.3) is 12.2 Å². The molecule has 1 aromatic rings. The van der Waals surface area contributed by atoms with E-state index in [1.54, 1.807) is 0 Å². The van der Waals surface area contributed by atoms with Gasteiger partial charge in [0.15, 0.2) is 0 Å². The van der Waals surface area contributed by atoms with Crippen molar-refractivity contribution in [2.24, 2.45) is 5.92 Å². The van der Waals surface area contributed by atoms with E-state index in [0.717, 1.165) is 11.1 Å². The molecule has 1 atom stereocenters. The van der Waals surface area contributed by atoms with Crippen molar-refractivity contribution in [1.82, 2.24) is 0 Å². The van der Waals surface area contributed by atoms with Crippen LogP contribution in [0.2, 0.25) is 0 Å². The summed E-state index contributed by atoms with van der Waals surface area (Å²) in [5.74, 6) is 0.674. The first-order valence-corrected chi connectivity index (χ1v) is 8.06. The Bertz CT molecular complexity index is 536. The lowest BCUT2D eigenvalue weighted by Crippen LogP contribution is -2.07. The van der Waals surface area contributed by atoms with Crippen molar-refractivity contribution in [2.75, 3.05) is 0 Å². The Kier molecular flexibility index (Phi) is 11.0. The van der Waals surface area contributed by atoms with Gasteiger partial charge in [0.05, 0.1) is 0 Å². The molecule has 0 radical (unpaired) electrons. The van der Waals surface area contributed by atoms with Crippen molar-refractivity contribution in [3.8, 4) is 0 Å². The SMILES string of the molecule is C=C.C=C=C1/C(=C\C)CCCC1C.C=Cc1ccc(C=C)cc1. The number of allylic oxidation sites excluding steroid dienone is 3. The van der Waals surface area contributed by atoms with E-state index in [0.29, 0.717) is 5.92 Å². The second-order valence-electron chi connectivity index (χ2n) is 5.27. The highest BCUT2D eigenvalue weighted by molar-refractivity contribution is 5.53. The van der Waals surface area contributed by atoms with Crippen molar-refractivity contribution in [3.05, 3.63) is 91.2 Å². The Hall–Kier alpha value is -2.30. The standard InChI is InChI=1S/C11H16.C10H10.C2H4/c1-4-10-8-6-7-9(3)11(10)5-2;1-3-9-5-7-10(4-2)8-6-9;1-2/h4,9H,2,6-8H2,1,3H3;3-8H,1-2H2;1-2H2/b10-4-;;. The van der Waals surface area contributed by atoms with Crippen LogP contribution in [-0.4, -0.2) is 0 Å². The van der Waals surface area contributed by atoms with E-state index in [9.17, 15) is 0 Å². The predicted octanol–water partition coefficient (Wildman–Crippen LogP) is 7.24. The molecule has 0 N–H and O–H groups in total. The van der Waals surface area contributed by atoms with Gasteiger partial charge in [0.1, 0.15) is 0 Å². The van der Waals surface area contributed by atoms with Crippen molar-refractivity contribution < 1.29 is 0 Å². The molecule has 23 heavy (non-hydrogen) atoms. The minimum absolute atomic E-state index is 0.674. The van der Waals surface area contributed by atoms with E-state index in [-0.39, 0.29) is 0 Å². The van der Waals surface area contributed by atoms with Gasteiger partial charge in [-0.15, -0.1) is 18.9 Å². The van der Waals surface area contributed by atoms with Gasteiger partial charge in [-0.3, -0.25) is 0 Å². The summed E-state index contributed by atoms with van der Waals surface area (Å²) in [5, 5.41) is 0. The molecule has 0 heterocycles. The lowest BCUT2D eigenvalue weighted by atomic mass is 9.82. The monoisotopic (exact) mass is 306 g/mol. The third-order valence-electron chi connectivity index (χ3n) is 3.87. The van der Waals surface area contributed by atoms with Crippen LogP contribution in [0.3, 0.4) is 0 Å². The Morgan fingerprint density at radius 1 is 1.04 bits per heavy atom. The van der Waals surface area contributed by atoms with E-state index in [4.69, 9.17) is 0 Å². The molecule has 0 spiro atoms. The molecule has 0 saturated heterocycles. The molecule has 0 bridgehead atoms. The van der Waals surface area contributed by atoms with Crippen LogP contribution in [0.5, 0.6) is 0 Å². The lowest BCUT2D eigenvalue weighted by Gasteiger charge is -2.22. The maximum absolute atomic E-state index is 3.73. The third kappa shape index (κ3) is 7.00. The maximum Gasteiger partial charge on any atom is -0.000963 e. The first kappa shape index (κ1) is 20.7. The van der Waals surface area contributed by atoms with Crippen molar-refractivity contribution in [1.29, 1.82) is 0 Å². The van der Waals surface area contributed by atoms with Crippen LogP contribution in [-0.2, 0) is 0 Å². The quantitative estimate of drug-likeness (QED) is 0.399. The molecule has 1 aromatic carbocycles. The van der Waals surface area contributed by atoms with Crippen molar-refractivity contribution in [3.63, 3.8) is 0 Å². The summed E-state index contributed by atoms with van der Waals surface area (Å²) in [6.45, 7) is 21.4. The highest BCUT2D eigenvalue weighted by Crippen LogP contribution is 2.32. The van der Waals surface area contributed by atoms with Crippen LogP contribution in [0.15, 0.2) is 80.1 Å². The predicted molar refractivity (Wildman–Crippen MR) is 107 cm³/mol. The summed E-state index contributed by atoms with van der Waals surface area (Å²) in [5.41, 5.74) is 8.14. The lowest BCUT2D eigenvalue weighted by molar-refractivity contribution is 0.540. The Morgan fingerprint density at radius 3 is 1.83 bits per heavy atom. The fraction of sp³-hybridized carbons (Fsp3) is 0.261. The molecule has 0 aliphatic heterocycles. The molecule has 1 saturated carbocycles. The summed E-state index contributed by atoms with van der Waals surface area (Å²) in [4.78, 5) is 0. The number of rotatable bonds is 2. The highest BCUT2D eigenvalue weighted by atomic mass is 14.2. The van der Waals surface area contributed by atoms with E-state index in [1.165, 1.54) is 30.4 Å². The van der Waals surface area contributed by atoms with Gasteiger partial charge in [0.25, 0.3) is 0 Å². The van der Waals surface area contributed by atoms with Crippen LogP contribution in [0, 0.1) is 5.92 Å². The zero-order chi connectivity index (χ0) is 17.7. The fourth-order valence-electron chi connectivity index (χ4n) is 2.55. The molecule has 1 aliphatic rings. The molecular weight excluding hydrogens is 276 g/mol. The molecular formula is C23H30. The minimum Gasteiger partial charge on any atom is -0.125 e. The van der Waals surface area contributed by atoms with Gasteiger partial charge >= 0.3 is 0 Å². The minimum atomic E-state index is 0.674. The van der Waals surface area contributed by atoms with E-state index >= 15 is 0 Å². The van der Waals surface area contributed by atoms with Crippen LogP contribution < -0.4 is 0 Å². The molecule has 0 amide bonds. The van der Waals surface area contributed by atoms with Gasteiger partial charge in [-0.25, -0.2) is 0 Å². The fourth-order valence-corrected chi connectivity index (χ4v) is 2.55. The zero-order valence-corrected chi connectivity index (χ0v) is 14.8. The average molecular weight is 306 g/mol. The Morgan fingerprint density at radius 2 is 1.52 bits per heavy atom. The number of benzene rings is 1. The number of hydrogen-bond acceptors (Lipinski definition) is 0. The molecule has 0 aromatic heterocycles. The Balaban J connectivity index is 0.000000381. The molecule has 1 unspecified atom stereocenters. The van der Waals surface area contributed by atoms with Crippen molar-refractivity contribution in [2.45, 2.75) is 33.1 Å². The topological polar surface area (TPSA) is 0 Å². The third-order valence-corrected chi connectivity index (χ3v) is 3.87. The van der Waals surface area contributed by atoms with Crippen LogP contribution >= 0.6 is 0 Å². The molecule has 0 nitrogen and oxygen atoms in total. The maximum atomic E-state index is 3.73. The van der Waals surface area contributed by atoms with Crippen molar-refractivity contribution >= 4 is 12.2 Å². The van der Waals surface area contributed by atoms with Gasteiger partial charge in [-0.2, -0.15) is 0 Å². The summed E-state index contributed by atoms with van der Waals surface area (Å²) in [6, 6.07) is 8.07. The second-order valence-corrected chi connectivity index (χ2v) is 5.27. The average Bonchev–Trinajstić information content (AvgIpc) is 2.63. The summed E-state index contributed by atoms with van der Waals surface area (Å²) >= 11 is 0. The first-order valence-electron chi connectivity index (χ1n) is 8.06. The highest BCUT2D eigenvalue weighted by Gasteiger charge is 2.17. The first-order chi connectivity index (χ1) is 11.2. The molecule has 122 valence electrons. The van der Waals surface area contributed by atoms with Gasteiger partial charge in [-0.05, 0) is 54.4 Å². The van der Waals surface area contributed by atoms with E-state index in [1.807, 2.05) is 36.4 Å². The second kappa shape index (κ2) is 12.3. The van der Waals surface area contributed by atoms with Gasteiger partial charge in [0.2, 0.25) is 0 Å². The van der Waals surface area contributed by atoms with E-state index in [2.05, 4.69) is 58.5 Å².